The number of unbranched alkanes of at least 4 members (excludes halogenated alkanes) is 3. The van der Waals surface area contributed by atoms with Crippen LogP contribution in [0, 0.1) is 0 Å². The van der Waals surface area contributed by atoms with E-state index in [1.54, 1.807) is 6.08 Å². The largest absolute Gasteiger partial charge is 0.494 e. The molecule has 3 heteroatoms. The lowest BCUT2D eigenvalue weighted by Crippen LogP contribution is -2.19. The molecule has 0 radical (unpaired) electrons. The lowest BCUT2D eigenvalue weighted by Gasteiger charge is -2.20. The summed E-state index contributed by atoms with van der Waals surface area (Å²) in [7, 11) is 0. The molecule has 0 amide bonds. The van der Waals surface area contributed by atoms with E-state index in [0.717, 1.165) is 37.2 Å². The van der Waals surface area contributed by atoms with Crippen LogP contribution in [0.2, 0.25) is 0 Å². The Morgan fingerprint density at radius 2 is 1.83 bits per heavy atom. The highest BCUT2D eigenvalue weighted by molar-refractivity contribution is 5.87. The summed E-state index contributed by atoms with van der Waals surface area (Å²) < 4.78 is 11.2. The van der Waals surface area contributed by atoms with Gasteiger partial charge >= 0.3 is 5.97 Å². The SMILES string of the molecule is CCCCCCOc1ccc(C=CC(=O)OC2CCCCC2)cc1. The molecule has 1 saturated carbocycles. The van der Waals surface area contributed by atoms with E-state index >= 15 is 0 Å². The molecule has 0 aliphatic heterocycles. The maximum atomic E-state index is 11.8. The van der Waals surface area contributed by atoms with Crippen LogP contribution in [-0.4, -0.2) is 18.7 Å². The van der Waals surface area contributed by atoms with Crippen molar-refractivity contribution in [2.45, 2.75) is 70.8 Å². The van der Waals surface area contributed by atoms with Gasteiger partial charge < -0.3 is 9.47 Å². The first-order valence-electron chi connectivity index (χ1n) is 9.39. The zero-order valence-corrected chi connectivity index (χ0v) is 14.8. The van der Waals surface area contributed by atoms with Crippen LogP contribution < -0.4 is 4.74 Å². The standard InChI is InChI=1S/C21H30O3/c1-2-3-4-8-17-23-19-14-11-18(12-15-19)13-16-21(22)24-20-9-6-5-7-10-20/h11-16,20H,2-10,17H2,1H3. The Morgan fingerprint density at radius 3 is 2.54 bits per heavy atom. The highest BCUT2D eigenvalue weighted by atomic mass is 16.5. The van der Waals surface area contributed by atoms with Gasteiger partial charge in [0.1, 0.15) is 11.9 Å². The Morgan fingerprint density at radius 1 is 1.08 bits per heavy atom. The van der Waals surface area contributed by atoms with E-state index in [4.69, 9.17) is 9.47 Å². The first-order chi connectivity index (χ1) is 11.8. The third-order valence-electron chi connectivity index (χ3n) is 4.39. The molecule has 0 aromatic heterocycles. The fraction of sp³-hybridized carbons (Fsp3) is 0.571. The third kappa shape index (κ3) is 7.20. The van der Waals surface area contributed by atoms with Crippen molar-refractivity contribution in [2.75, 3.05) is 6.61 Å². The van der Waals surface area contributed by atoms with Crippen molar-refractivity contribution in [1.29, 1.82) is 0 Å². The minimum atomic E-state index is -0.238. The van der Waals surface area contributed by atoms with E-state index in [2.05, 4.69) is 6.92 Å². The molecule has 24 heavy (non-hydrogen) atoms. The fourth-order valence-electron chi connectivity index (χ4n) is 2.94. The molecule has 0 N–H and O–H groups in total. The maximum Gasteiger partial charge on any atom is 0.331 e. The summed E-state index contributed by atoms with van der Waals surface area (Å²) in [5.41, 5.74) is 0.980. The summed E-state index contributed by atoms with van der Waals surface area (Å²) >= 11 is 0. The molecule has 1 aliphatic carbocycles. The van der Waals surface area contributed by atoms with Crippen LogP contribution in [0.15, 0.2) is 30.3 Å². The second-order valence-electron chi connectivity index (χ2n) is 6.51. The second-order valence-corrected chi connectivity index (χ2v) is 6.51. The van der Waals surface area contributed by atoms with E-state index in [1.165, 1.54) is 44.6 Å². The number of esters is 1. The number of hydrogen-bond acceptors (Lipinski definition) is 3. The number of hydrogen-bond donors (Lipinski definition) is 0. The Balaban J connectivity index is 1.70. The average Bonchev–Trinajstić information content (AvgIpc) is 2.62. The smallest absolute Gasteiger partial charge is 0.331 e. The van der Waals surface area contributed by atoms with Gasteiger partial charge in [0.2, 0.25) is 0 Å². The first kappa shape index (κ1) is 18.6. The van der Waals surface area contributed by atoms with Crippen molar-refractivity contribution in [3.63, 3.8) is 0 Å². The lowest BCUT2D eigenvalue weighted by molar-refractivity contribution is -0.144. The quantitative estimate of drug-likeness (QED) is 0.339. The average molecular weight is 330 g/mol. The van der Waals surface area contributed by atoms with Gasteiger partial charge in [0.15, 0.2) is 0 Å². The van der Waals surface area contributed by atoms with Gasteiger partial charge in [0, 0.05) is 6.08 Å². The van der Waals surface area contributed by atoms with Gasteiger partial charge in [0.25, 0.3) is 0 Å². The monoisotopic (exact) mass is 330 g/mol. The zero-order valence-electron chi connectivity index (χ0n) is 14.8. The predicted octanol–water partition coefficient (Wildman–Crippen LogP) is 5.53. The third-order valence-corrected chi connectivity index (χ3v) is 4.39. The van der Waals surface area contributed by atoms with Crippen molar-refractivity contribution in [1.82, 2.24) is 0 Å². The van der Waals surface area contributed by atoms with Gasteiger partial charge in [-0.15, -0.1) is 0 Å². The van der Waals surface area contributed by atoms with Crippen LogP contribution >= 0.6 is 0 Å². The molecule has 0 unspecified atom stereocenters. The maximum absolute atomic E-state index is 11.8. The van der Waals surface area contributed by atoms with Gasteiger partial charge in [-0.25, -0.2) is 4.79 Å². The Kier molecular flexibility index (Phi) is 8.43. The van der Waals surface area contributed by atoms with Crippen LogP contribution in [0.3, 0.4) is 0 Å². The van der Waals surface area contributed by atoms with E-state index < -0.39 is 0 Å². The Bertz CT molecular complexity index is 498. The first-order valence-corrected chi connectivity index (χ1v) is 9.39. The Hall–Kier alpha value is -1.77. The molecule has 1 aliphatic rings. The summed E-state index contributed by atoms with van der Waals surface area (Å²) in [6, 6.07) is 7.83. The van der Waals surface area contributed by atoms with Crippen molar-refractivity contribution in [3.8, 4) is 5.75 Å². The van der Waals surface area contributed by atoms with Crippen molar-refractivity contribution >= 4 is 12.0 Å². The summed E-state index contributed by atoms with van der Waals surface area (Å²) in [5.74, 6) is 0.645. The van der Waals surface area contributed by atoms with Gasteiger partial charge in [0.05, 0.1) is 6.61 Å². The van der Waals surface area contributed by atoms with Crippen molar-refractivity contribution in [2.24, 2.45) is 0 Å². The lowest BCUT2D eigenvalue weighted by atomic mass is 9.98. The summed E-state index contributed by atoms with van der Waals surface area (Å²) in [6.45, 7) is 2.97. The van der Waals surface area contributed by atoms with E-state index in [9.17, 15) is 4.79 Å². The summed E-state index contributed by atoms with van der Waals surface area (Å²) in [6.07, 6.45) is 13.9. The normalized spacial score (nSPS) is 15.5. The molecule has 132 valence electrons. The minimum Gasteiger partial charge on any atom is -0.494 e. The molecule has 0 atom stereocenters. The number of ether oxygens (including phenoxy) is 2. The Labute approximate surface area is 146 Å². The molecule has 2 rings (SSSR count). The van der Waals surface area contributed by atoms with Crippen LogP contribution in [-0.2, 0) is 9.53 Å². The molecule has 0 heterocycles. The van der Waals surface area contributed by atoms with Crippen molar-refractivity contribution in [3.05, 3.63) is 35.9 Å². The molecular weight excluding hydrogens is 300 g/mol. The molecule has 0 bridgehead atoms. The zero-order chi connectivity index (χ0) is 17.0. The molecule has 3 nitrogen and oxygen atoms in total. The van der Waals surface area contributed by atoms with E-state index in [1.807, 2.05) is 24.3 Å². The fourth-order valence-corrected chi connectivity index (χ4v) is 2.94. The molecular formula is C21H30O3. The summed E-state index contributed by atoms with van der Waals surface area (Å²) in [4.78, 5) is 11.8. The van der Waals surface area contributed by atoms with Gasteiger partial charge in [-0.05, 0) is 55.9 Å². The second kappa shape index (κ2) is 10.9. The highest BCUT2D eigenvalue weighted by Crippen LogP contribution is 2.20. The number of carbonyl (C=O) groups excluding carboxylic acids is 1. The predicted molar refractivity (Wildman–Crippen MR) is 98.1 cm³/mol. The van der Waals surface area contributed by atoms with Gasteiger partial charge in [-0.3, -0.25) is 0 Å². The molecule has 0 saturated heterocycles. The van der Waals surface area contributed by atoms with Gasteiger partial charge in [-0.1, -0.05) is 44.7 Å². The molecule has 1 aromatic rings. The number of rotatable bonds is 9. The minimum absolute atomic E-state index is 0.111. The molecule has 1 fully saturated rings. The molecule has 0 spiro atoms. The molecule has 1 aromatic carbocycles. The van der Waals surface area contributed by atoms with Crippen LogP contribution in [0.4, 0.5) is 0 Å². The highest BCUT2D eigenvalue weighted by Gasteiger charge is 2.16. The van der Waals surface area contributed by atoms with Crippen molar-refractivity contribution < 1.29 is 14.3 Å². The topological polar surface area (TPSA) is 35.5 Å². The van der Waals surface area contributed by atoms with Crippen LogP contribution in [0.5, 0.6) is 5.75 Å². The number of carbonyl (C=O) groups is 1. The van der Waals surface area contributed by atoms with Gasteiger partial charge in [-0.2, -0.15) is 0 Å². The van der Waals surface area contributed by atoms with E-state index in [-0.39, 0.29) is 12.1 Å². The van der Waals surface area contributed by atoms with E-state index in [0.29, 0.717) is 0 Å². The number of benzene rings is 1. The van der Waals surface area contributed by atoms with Crippen LogP contribution in [0.25, 0.3) is 6.08 Å². The van der Waals surface area contributed by atoms with Crippen LogP contribution in [0.1, 0.15) is 70.3 Å². The summed E-state index contributed by atoms with van der Waals surface area (Å²) in [5, 5.41) is 0.